The molecule has 2 rings (SSSR count). The van der Waals surface area contributed by atoms with Crippen molar-refractivity contribution in [2.45, 2.75) is 24.8 Å². The first kappa shape index (κ1) is 8.09. The van der Waals surface area contributed by atoms with Crippen molar-refractivity contribution in [3.8, 4) is 0 Å². The predicted octanol–water partition coefficient (Wildman–Crippen LogP) is 2.54. The van der Waals surface area contributed by atoms with Crippen LogP contribution in [0.5, 0.6) is 0 Å². The molecule has 0 aromatic heterocycles. The lowest BCUT2D eigenvalue weighted by Gasteiger charge is -2.32. The van der Waals surface area contributed by atoms with Gasteiger partial charge in [0, 0.05) is 11.1 Å². The number of hydrogen-bond donors (Lipinski definition) is 1. The number of rotatable bonds is 1. The minimum Gasteiger partial charge on any atom is -0.328 e. The lowest BCUT2D eigenvalue weighted by atomic mass is 9.76. The molecular weight excluding hydrogens is 170 g/mol. The summed E-state index contributed by atoms with van der Waals surface area (Å²) >= 11 is 5.78. The Morgan fingerprint density at radius 2 is 1.75 bits per heavy atom. The van der Waals surface area contributed by atoms with E-state index in [-0.39, 0.29) is 0 Å². The van der Waals surface area contributed by atoms with E-state index in [1.54, 1.807) is 0 Å². The quantitative estimate of drug-likeness (QED) is 0.708. The molecule has 1 aromatic rings. The highest BCUT2D eigenvalue weighted by Gasteiger charge is 2.26. The van der Waals surface area contributed by atoms with Crippen molar-refractivity contribution in [1.82, 2.24) is 0 Å². The highest BCUT2D eigenvalue weighted by molar-refractivity contribution is 6.30. The van der Waals surface area contributed by atoms with Gasteiger partial charge in [0.15, 0.2) is 0 Å². The third-order valence-corrected chi connectivity index (χ3v) is 2.77. The molecule has 0 unspecified atom stereocenters. The van der Waals surface area contributed by atoms with E-state index >= 15 is 0 Å². The summed E-state index contributed by atoms with van der Waals surface area (Å²) in [7, 11) is 0. The lowest BCUT2D eigenvalue weighted by molar-refractivity contribution is 0.351. The summed E-state index contributed by atoms with van der Waals surface area (Å²) < 4.78 is 0. The maximum absolute atomic E-state index is 5.78. The van der Waals surface area contributed by atoms with Gasteiger partial charge in [-0.2, -0.15) is 0 Å². The van der Waals surface area contributed by atoms with E-state index in [4.69, 9.17) is 17.3 Å². The third-order valence-electron chi connectivity index (χ3n) is 2.52. The van der Waals surface area contributed by atoms with Crippen molar-refractivity contribution in [1.29, 1.82) is 0 Å². The Kier molecular flexibility index (Phi) is 2.07. The standard InChI is InChI=1S/C10H12ClN/c11-9-3-1-7(2-4-9)8-5-10(12)6-8/h1-4,8,10H,5-6,12H2. The number of halogens is 1. The van der Waals surface area contributed by atoms with E-state index in [1.807, 2.05) is 12.1 Å². The van der Waals surface area contributed by atoms with E-state index in [0.29, 0.717) is 12.0 Å². The van der Waals surface area contributed by atoms with Crippen molar-refractivity contribution in [2.75, 3.05) is 0 Å². The molecule has 0 bridgehead atoms. The van der Waals surface area contributed by atoms with Gasteiger partial charge >= 0.3 is 0 Å². The Bertz CT molecular complexity index is 262. The normalized spacial score (nSPS) is 28.2. The fourth-order valence-electron chi connectivity index (χ4n) is 1.67. The van der Waals surface area contributed by atoms with Crippen LogP contribution in [-0.4, -0.2) is 6.04 Å². The summed E-state index contributed by atoms with van der Waals surface area (Å²) in [6.45, 7) is 0. The van der Waals surface area contributed by atoms with E-state index in [1.165, 1.54) is 5.56 Å². The molecule has 0 amide bonds. The summed E-state index contributed by atoms with van der Waals surface area (Å²) in [5.41, 5.74) is 7.09. The fourth-order valence-corrected chi connectivity index (χ4v) is 1.79. The zero-order valence-electron chi connectivity index (χ0n) is 6.83. The zero-order chi connectivity index (χ0) is 8.55. The molecule has 0 heterocycles. The molecule has 64 valence electrons. The van der Waals surface area contributed by atoms with Gasteiger partial charge in [0.05, 0.1) is 0 Å². The molecular formula is C10H12ClN. The summed E-state index contributed by atoms with van der Waals surface area (Å²) in [6, 6.07) is 8.50. The van der Waals surface area contributed by atoms with Gasteiger partial charge in [-0.3, -0.25) is 0 Å². The topological polar surface area (TPSA) is 26.0 Å². The lowest BCUT2D eigenvalue weighted by Crippen LogP contribution is -2.34. The first-order valence-electron chi connectivity index (χ1n) is 4.27. The average Bonchev–Trinajstić information content (AvgIpc) is 2.01. The smallest absolute Gasteiger partial charge is 0.0406 e. The summed E-state index contributed by atoms with van der Waals surface area (Å²) in [5, 5.41) is 0.808. The van der Waals surface area contributed by atoms with Crippen molar-refractivity contribution >= 4 is 11.6 Å². The van der Waals surface area contributed by atoms with Crippen LogP contribution in [0.4, 0.5) is 0 Å². The largest absolute Gasteiger partial charge is 0.328 e. The number of benzene rings is 1. The molecule has 1 saturated carbocycles. The van der Waals surface area contributed by atoms with Crippen molar-refractivity contribution in [3.05, 3.63) is 34.9 Å². The monoisotopic (exact) mass is 181 g/mol. The molecule has 1 nitrogen and oxygen atoms in total. The van der Waals surface area contributed by atoms with Gasteiger partial charge in [0.25, 0.3) is 0 Å². The first-order valence-corrected chi connectivity index (χ1v) is 4.64. The summed E-state index contributed by atoms with van der Waals surface area (Å²) in [4.78, 5) is 0. The Morgan fingerprint density at radius 3 is 2.25 bits per heavy atom. The Hall–Kier alpha value is -0.530. The maximum atomic E-state index is 5.78. The van der Waals surface area contributed by atoms with Gasteiger partial charge in [-0.25, -0.2) is 0 Å². The summed E-state index contributed by atoms with van der Waals surface area (Å²) in [6.07, 6.45) is 2.25. The van der Waals surface area contributed by atoms with Gasteiger partial charge in [-0.1, -0.05) is 23.7 Å². The van der Waals surface area contributed by atoms with Crippen molar-refractivity contribution < 1.29 is 0 Å². The number of nitrogens with two attached hydrogens (primary N) is 1. The molecule has 0 saturated heterocycles. The number of hydrogen-bond acceptors (Lipinski definition) is 1. The summed E-state index contributed by atoms with van der Waals surface area (Å²) in [5.74, 6) is 0.678. The van der Waals surface area contributed by atoms with Crippen molar-refractivity contribution in [3.63, 3.8) is 0 Å². The van der Waals surface area contributed by atoms with Crippen molar-refractivity contribution in [2.24, 2.45) is 5.73 Å². The van der Waals surface area contributed by atoms with Gasteiger partial charge in [-0.05, 0) is 36.5 Å². The molecule has 1 aliphatic rings. The predicted molar refractivity (Wildman–Crippen MR) is 51.4 cm³/mol. The molecule has 0 spiro atoms. The fraction of sp³-hybridized carbons (Fsp3) is 0.400. The van der Waals surface area contributed by atoms with E-state index in [9.17, 15) is 0 Å². The second-order valence-corrected chi connectivity index (χ2v) is 3.92. The van der Waals surface area contributed by atoms with Crippen LogP contribution in [-0.2, 0) is 0 Å². The van der Waals surface area contributed by atoms with Crippen LogP contribution in [0.3, 0.4) is 0 Å². The maximum Gasteiger partial charge on any atom is 0.0406 e. The van der Waals surface area contributed by atoms with Crippen LogP contribution in [0, 0.1) is 0 Å². The van der Waals surface area contributed by atoms with Crippen LogP contribution < -0.4 is 5.73 Å². The van der Waals surface area contributed by atoms with Gasteiger partial charge in [0.2, 0.25) is 0 Å². The molecule has 12 heavy (non-hydrogen) atoms. The average molecular weight is 182 g/mol. The van der Waals surface area contributed by atoms with Crippen LogP contribution in [0.25, 0.3) is 0 Å². The Morgan fingerprint density at radius 1 is 1.17 bits per heavy atom. The van der Waals surface area contributed by atoms with E-state index in [2.05, 4.69) is 12.1 Å². The molecule has 1 fully saturated rings. The van der Waals surface area contributed by atoms with Crippen LogP contribution in [0.15, 0.2) is 24.3 Å². The van der Waals surface area contributed by atoms with E-state index in [0.717, 1.165) is 17.9 Å². The molecule has 2 heteroatoms. The molecule has 0 radical (unpaired) electrons. The van der Waals surface area contributed by atoms with Crippen LogP contribution >= 0.6 is 11.6 Å². The molecule has 0 atom stereocenters. The molecule has 2 N–H and O–H groups in total. The third kappa shape index (κ3) is 1.47. The Balaban J connectivity index is 2.09. The highest BCUT2D eigenvalue weighted by atomic mass is 35.5. The Labute approximate surface area is 77.5 Å². The molecule has 1 aromatic carbocycles. The first-order chi connectivity index (χ1) is 5.75. The minimum absolute atomic E-state index is 0.422. The van der Waals surface area contributed by atoms with Crippen LogP contribution in [0.1, 0.15) is 24.3 Å². The van der Waals surface area contributed by atoms with Gasteiger partial charge in [-0.15, -0.1) is 0 Å². The zero-order valence-corrected chi connectivity index (χ0v) is 7.59. The van der Waals surface area contributed by atoms with E-state index < -0.39 is 0 Å². The second-order valence-electron chi connectivity index (χ2n) is 3.48. The second kappa shape index (κ2) is 3.08. The SMILES string of the molecule is NC1CC(c2ccc(Cl)cc2)C1. The highest BCUT2D eigenvalue weighted by Crippen LogP contribution is 2.35. The van der Waals surface area contributed by atoms with Crippen LogP contribution in [0.2, 0.25) is 5.02 Å². The molecule has 1 aliphatic carbocycles. The minimum atomic E-state index is 0.422. The molecule has 0 aliphatic heterocycles. The van der Waals surface area contributed by atoms with Gasteiger partial charge < -0.3 is 5.73 Å². The van der Waals surface area contributed by atoms with Gasteiger partial charge in [0.1, 0.15) is 0 Å².